The minimum Gasteiger partial charge on any atom is -0.481 e. The lowest BCUT2D eigenvalue weighted by atomic mass is 10.0. The molecule has 2 unspecified atom stereocenters. The summed E-state index contributed by atoms with van der Waals surface area (Å²) in [5.41, 5.74) is 0. The molecule has 0 aliphatic carbocycles. The summed E-state index contributed by atoms with van der Waals surface area (Å²) in [6.07, 6.45) is 3.96. The first-order valence-electron chi connectivity index (χ1n) is 6.90. The van der Waals surface area contributed by atoms with Crippen molar-refractivity contribution < 1.29 is 9.90 Å². The molecule has 0 bridgehead atoms. The maximum Gasteiger partial charge on any atom is 0.304 e. The summed E-state index contributed by atoms with van der Waals surface area (Å²) in [5, 5.41) is 9.04. The largest absolute Gasteiger partial charge is 0.481 e. The van der Waals surface area contributed by atoms with E-state index in [4.69, 9.17) is 5.11 Å². The van der Waals surface area contributed by atoms with Crippen LogP contribution in [0.4, 0.5) is 0 Å². The van der Waals surface area contributed by atoms with Crippen LogP contribution in [-0.4, -0.2) is 71.1 Å². The van der Waals surface area contributed by atoms with Gasteiger partial charge in [-0.25, -0.2) is 0 Å². The summed E-state index contributed by atoms with van der Waals surface area (Å²) in [6.45, 7) is 3.40. The van der Waals surface area contributed by atoms with E-state index in [1.165, 1.54) is 25.8 Å². The van der Waals surface area contributed by atoms with Crippen molar-refractivity contribution in [3.8, 4) is 0 Å². The van der Waals surface area contributed by atoms with Crippen LogP contribution in [-0.2, 0) is 4.79 Å². The Hall–Kier alpha value is -0.260. The number of hydrogen-bond acceptors (Lipinski definition) is 4. The Morgan fingerprint density at radius 3 is 2.94 bits per heavy atom. The van der Waals surface area contributed by atoms with Crippen molar-refractivity contribution in [2.45, 2.75) is 37.8 Å². The van der Waals surface area contributed by atoms with Gasteiger partial charge in [-0.05, 0) is 39.4 Å². The van der Waals surface area contributed by atoms with Gasteiger partial charge in [0.15, 0.2) is 0 Å². The van der Waals surface area contributed by atoms with Gasteiger partial charge in [0.2, 0.25) is 0 Å². The summed E-state index contributed by atoms with van der Waals surface area (Å²) in [4.78, 5) is 15.9. The third-order valence-corrected chi connectivity index (χ3v) is 5.17. The van der Waals surface area contributed by atoms with Crippen molar-refractivity contribution in [1.82, 2.24) is 9.80 Å². The number of carboxylic acids is 1. The Balaban J connectivity index is 1.96. The second-order valence-electron chi connectivity index (χ2n) is 5.45. The fourth-order valence-electron chi connectivity index (χ4n) is 3.08. The molecule has 0 amide bonds. The molecule has 2 heterocycles. The quantitative estimate of drug-likeness (QED) is 0.840. The summed E-state index contributed by atoms with van der Waals surface area (Å²) < 4.78 is 0. The first-order chi connectivity index (χ1) is 8.66. The lowest BCUT2D eigenvalue weighted by Gasteiger charge is -2.40. The number of carbonyl (C=O) groups is 1. The van der Waals surface area contributed by atoms with Crippen LogP contribution >= 0.6 is 11.8 Å². The molecule has 5 heteroatoms. The van der Waals surface area contributed by atoms with Crippen molar-refractivity contribution in [2.24, 2.45) is 0 Å². The van der Waals surface area contributed by atoms with Gasteiger partial charge in [-0.3, -0.25) is 9.69 Å². The van der Waals surface area contributed by atoms with Gasteiger partial charge in [0.25, 0.3) is 0 Å². The lowest BCUT2D eigenvalue weighted by molar-refractivity contribution is -0.138. The van der Waals surface area contributed by atoms with Crippen LogP contribution < -0.4 is 0 Å². The summed E-state index contributed by atoms with van der Waals surface area (Å²) in [6, 6.07) is 0.842. The van der Waals surface area contributed by atoms with E-state index in [1.807, 2.05) is 11.8 Å². The molecule has 18 heavy (non-hydrogen) atoms. The van der Waals surface area contributed by atoms with Crippen LogP contribution in [0.2, 0.25) is 0 Å². The Labute approximate surface area is 114 Å². The zero-order chi connectivity index (χ0) is 13.0. The van der Waals surface area contributed by atoms with E-state index >= 15 is 0 Å². The van der Waals surface area contributed by atoms with Crippen molar-refractivity contribution in [3.05, 3.63) is 0 Å². The molecule has 0 aromatic rings. The molecule has 0 aromatic carbocycles. The number of aliphatic carboxylic acids is 1. The van der Waals surface area contributed by atoms with Crippen LogP contribution in [0.5, 0.6) is 0 Å². The molecule has 2 saturated heterocycles. The Morgan fingerprint density at radius 1 is 1.33 bits per heavy atom. The highest BCUT2D eigenvalue weighted by atomic mass is 32.2. The molecular weight excluding hydrogens is 248 g/mol. The summed E-state index contributed by atoms with van der Waals surface area (Å²) in [5.74, 6) is 1.49. The van der Waals surface area contributed by atoms with Gasteiger partial charge in [-0.2, -0.15) is 11.8 Å². The Bertz CT molecular complexity index is 288. The van der Waals surface area contributed by atoms with Gasteiger partial charge in [0.1, 0.15) is 0 Å². The predicted molar refractivity (Wildman–Crippen MR) is 75.2 cm³/mol. The molecule has 1 N–H and O–H groups in total. The van der Waals surface area contributed by atoms with Gasteiger partial charge < -0.3 is 10.0 Å². The minimum atomic E-state index is -0.654. The molecule has 0 saturated carbocycles. The molecule has 2 aliphatic heterocycles. The third-order valence-electron chi connectivity index (χ3n) is 4.07. The molecule has 2 atom stereocenters. The molecule has 104 valence electrons. The summed E-state index contributed by atoms with van der Waals surface area (Å²) >= 11 is 1.90. The Kier molecular flexibility index (Phi) is 5.33. The van der Waals surface area contributed by atoms with Gasteiger partial charge in [0, 0.05) is 30.1 Å². The monoisotopic (exact) mass is 272 g/mol. The average molecular weight is 272 g/mol. The maximum absolute atomic E-state index is 11.0. The zero-order valence-electron chi connectivity index (χ0n) is 11.2. The minimum absolute atomic E-state index is 0.245. The van der Waals surface area contributed by atoms with E-state index in [9.17, 15) is 4.79 Å². The van der Waals surface area contributed by atoms with Crippen LogP contribution in [0, 0.1) is 0 Å². The molecule has 0 radical (unpaired) electrons. The van der Waals surface area contributed by atoms with Gasteiger partial charge in [-0.1, -0.05) is 0 Å². The van der Waals surface area contributed by atoms with Crippen LogP contribution in [0.25, 0.3) is 0 Å². The van der Waals surface area contributed by atoms with Crippen molar-refractivity contribution in [2.75, 3.05) is 38.2 Å². The highest BCUT2D eigenvalue weighted by Crippen LogP contribution is 2.26. The molecule has 2 rings (SSSR count). The van der Waals surface area contributed by atoms with E-state index in [2.05, 4.69) is 16.8 Å². The fourth-order valence-corrected chi connectivity index (χ4v) is 4.17. The first-order valence-corrected chi connectivity index (χ1v) is 8.06. The van der Waals surface area contributed by atoms with E-state index in [-0.39, 0.29) is 6.04 Å². The van der Waals surface area contributed by atoms with Gasteiger partial charge >= 0.3 is 5.97 Å². The van der Waals surface area contributed by atoms with E-state index in [0.29, 0.717) is 12.5 Å². The maximum atomic E-state index is 11.0. The Morgan fingerprint density at radius 2 is 2.17 bits per heavy atom. The van der Waals surface area contributed by atoms with Gasteiger partial charge in [0.05, 0.1) is 6.42 Å². The van der Waals surface area contributed by atoms with Gasteiger partial charge in [-0.15, -0.1) is 0 Å². The highest BCUT2D eigenvalue weighted by molar-refractivity contribution is 7.99. The highest BCUT2D eigenvalue weighted by Gasteiger charge is 2.31. The van der Waals surface area contributed by atoms with Crippen molar-refractivity contribution in [1.29, 1.82) is 0 Å². The number of likely N-dealkylation sites (tertiary alicyclic amines) is 1. The molecule has 2 aliphatic rings. The molecule has 0 aromatic heterocycles. The fraction of sp³-hybridized carbons (Fsp3) is 0.923. The average Bonchev–Trinajstić information content (AvgIpc) is 2.54. The summed E-state index contributed by atoms with van der Waals surface area (Å²) in [7, 11) is 2.18. The first kappa shape index (κ1) is 14.2. The number of hydrogen-bond donors (Lipinski definition) is 1. The molecule has 2 fully saturated rings. The van der Waals surface area contributed by atoms with Crippen molar-refractivity contribution >= 4 is 17.7 Å². The number of thioether (sulfide) groups is 1. The number of rotatable bonds is 3. The zero-order valence-corrected chi connectivity index (χ0v) is 12.0. The second-order valence-corrected chi connectivity index (χ2v) is 6.60. The normalized spacial score (nSPS) is 32.1. The molecular formula is C13H24N2O2S. The van der Waals surface area contributed by atoms with Crippen LogP contribution in [0.1, 0.15) is 25.7 Å². The SMILES string of the molecule is CN1CCCC(N2CCSCC2CC(=O)O)CC1. The smallest absolute Gasteiger partial charge is 0.304 e. The second kappa shape index (κ2) is 6.78. The number of nitrogens with zero attached hydrogens (tertiary/aromatic N) is 2. The van der Waals surface area contributed by atoms with Crippen molar-refractivity contribution in [3.63, 3.8) is 0 Å². The van der Waals surface area contributed by atoms with E-state index < -0.39 is 5.97 Å². The molecule has 0 spiro atoms. The van der Waals surface area contributed by atoms with Crippen LogP contribution in [0.15, 0.2) is 0 Å². The number of carboxylic acid groups (broad SMARTS) is 1. The third kappa shape index (κ3) is 3.87. The lowest BCUT2D eigenvalue weighted by Crippen LogP contribution is -2.49. The van der Waals surface area contributed by atoms with Crippen LogP contribution in [0.3, 0.4) is 0 Å². The van der Waals surface area contributed by atoms with E-state index in [1.54, 1.807) is 0 Å². The standard InChI is InChI=1S/C13H24N2O2S/c1-14-5-2-3-11(4-6-14)15-7-8-18-10-12(15)9-13(16)17/h11-12H,2-10H2,1H3,(H,16,17). The topological polar surface area (TPSA) is 43.8 Å². The molecule has 4 nitrogen and oxygen atoms in total. The van der Waals surface area contributed by atoms with E-state index in [0.717, 1.165) is 24.6 Å². The predicted octanol–water partition coefficient (Wildman–Crippen LogP) is 1.36.